The number of carboxylic acid groups (broad SMARTS) is 1. The van der Waals surface area contributed by atoms with Crippen LogP contribution in [0.15, 0.2) is 15.7 Å². The summed E-state index contributed by atoms with van der Waals surface area (Å²) in [7, 11) is 0. The van der Waals surface area contributed by atoms with Crippen LogP contribution in [0.1, 0.15) is 5.69 Å². The second-order valence-corrected chi connectivity index (χ2v) is 2.06. The lowest BCUT2D eigenvalue weighted by atomic mass is 10.4. The lowest BCUT2D eigenvalue weighted by molar-refractivity contribution is -0.131. The van der Waals surface area contributed by atoms with Gasteiger partial charge in [0.25, 0.3) is 5.56 Å². The number of aromatic amines is 2. The predicted molar refractivity (Wildman–Crippen MR) is 42.1 cm³/mol. The van der Waals surface area contributed by atoms with E-state index in [2.05, 4.69) is 5.10 Å². The summed E-state index contributed by atoms with van der Waals surface area (Å²) in [4.78, 5) is 33.3. The minimum Gasteiger partial charge on any atom is -0.478 e. The number of H-pyrrole nitrogens is 2. The number of carboxylic acids is 1. The first kappa shape index (κ1) is 8.91. The number of aromatic nitrogens is 3. The van der Waals surface area contributed by atoms with E-state index in [0.29, 0.717) is 0 Å². The van der Waals surface area contributed by atoms with E-state index in [1.807, 2.05) is 10.1 Å². The van der Waals surface area contributed by atoms with Crippen molar-refractivity contribution in [2.45, 2.75) is 0 Å². The van der Waals surface area contributed by atoms with Crippen LogP contribution in [0.3, 0.4) is 0 Å². The molecular formula is C6H5N3O4. The summed E-state index contributed by atoms with van der Waals surface area (Å²) in [6, 6.07) is 0. The molecule has 0 aromatic carbocycles. The molecule has 0 radical (unpaired) electrons. The molecular weight excluding hydrogens is 178 g/mol. The summed E-state index contributed by atoms with van der Waals surface area (Å²) in [5, 5.41) is 13.5. The summed E-state index contributed by atoms with van der Waals surface area (Å²) < 4.78 is 0. The van der Waals surface area contributed by atoms with E-state index in [-0.39, 0.29) is 5.69 Å². The molecule has 3 N–H and O–H groups in total. The fraction of sp³-hybridized carbons (Fsp3) is 0. The number of carbonyl (C=O) groups is 1. The van der Waals surface area contributed by atoms with Crippen LogP contribution >= 0.6 is 0 Å². The van der Waals surface area contributed by atoms with Crippen molar-refractivity contribution < 1.29 is 9.90 Å². The maximum Gasteiger partial charge on any atom is 0.342 e. The molecule has 1 aromatic rings. The summed E-state index contributed by atoms with van der Waals surface area (Å²) >= 11 is 0. The van der Waals surface area contributed by atoms with Crippen molar-refractivity contribution in [1.29, 1.82) is 0 Å². The van der Waals surface area contributed by atoms with E-state index in [1.165, 1.54) is 0 Å². The number of aliphatic carboxylic acids is 1. The van der Waals surface area contributed by atoms with Gasteiger partial charge >= 0.3 is 11.7 Å². The van der Waals surface area contributed by atoms with Crippen LogP contribution in [0.4, 0.5) is 0 Å². The van der Waals surface area contributed by atoms with Crippen molar-refractivity contribution in [3.8, 4) is 0 Å². The van der Waals surface area contributed by atoms with Crippen molar-refractivity contribution in [1.82, 2.24) is 15.2 Å². The number of hydrogen-bond donors (Lipinski definition) is 3. The van der Waals surface area contributed by atoms with E-state index in [4.69, 9.17) is 5.11 Å². The molecule has 0 saturated carbocycles. The first-order valence-electron chi connectivity index (χ1n) is 3.19. The van der Waals surface area contributed by atoms with Gasteiger partial charge in [-0.05, 0) is 6.08 Å². The molecule has 0 aliphatic heterocycles. The average molecular weight is 183 g/mol. The van der Waals surface area contributed by atoms with Gasteiger partial charge in [-0.3, -0.25) is 9.78 Å². The Morgan fingerprint density at radius 1 is 1.46 bits per heavy atom. The largest absolute Gasteiger partial charge is 0.478 e. The Morgan fingerprint density at radius 3 is 2.69 bits per heavy atom. The van der Waals surface area contributed by atoms with Crippen molar-refractivity contribution in [2.24, 2.45) is 0 Å². The Hall–Kier alpha value is -2.18. The van der Waals surface area contributed by atoms with Crippen molar-refractivity contribution in [3.63, 3.8) is 0 Å². The molecule has 1 heterocycles. The first-order chi connectivity index (χ1) is 6.09. The van der Waals surface area contributed by atoms with Crippen LogP contribution < -0.4 is 11.2 Å². The highest BCUT2D eigenvalue weighted by Gasteiger charge is 1.97. The van der Waals surface area contributed by atoms with Gasteiger partial charge in [0, 0.05) is 6.08 Å². The van der Waals surface area contributed by atoms with Gasteiger partial charge in [-0.1, -0.05) is 0 Å². The van der Waals surface area contributed by atoms with Gasteiger partial charge in [-0.15, -0.1) is 0 Å². The van der Waals surface area contributed by atoms with Gasteiger partial charge in [0.2, 0.25) is 0 Å². The highest BCUT2D eigenvalue weighted by Crippen LogP contribution is 1.83. The van der Waals surface area contributed by atoms with E-state index in [0.717, 1.165) is 12.2 Å². The third-order valence-corrected chi connectivity index (χ3v) is 1.12. The summed E-state index contributed by atoms with van der Waals surface area (Å²) in [5.74, 6) is -1.20. The first-order valence-corrected chi connectivity index (χ1v) is 3.19. The smallest absolute Gasteiger partial charge is 0.342 e. The number of nitrogens with one attached hydrogen (secondary N) is 2. The molecule has 7 heteroatoms. The molecule has 0 fully saturated rings. The van der Waals surface area contributed by atoms with Crippen LogP contribution in [0, 0.1) is 0 Å². The third-order valence-electron chi connectivity index (χ3n) is 1.12. The maximum absolute atomic E-state index is 10.9. The zero-order valence-electron chi connectivity index (χ0n) is 6.27. The Labute approximate surface area is 70.7 Å². The maximum atomic E-state index is 10.9. The quantitative estimate of drug-likeness (QED) is 0.485. The zero-order valence-corrected chi connectivity index (χ0v) is 6.27. The Bertz CT molecular complexity index is 455. The molecule has 0 bridgehead atoms. The Kier molecular flexibility index (Phi) is 2.38. The van der Waals surface area contributed by atoms with E-state index in [9.17, 15) is 14.4 Å². The van der Waals surface area contributed by atoms with Gasteiger partial charge in [0.15, 0.2) is 0 Å². The van der Waals surface area contributed by atoms with E-state index >= 15 is 0 Å². The minimum atomic E-state index is -1.20. The Balaban J connectivity index is 3.11. The predicted octanol–water partition coefficient (Wildman–Crippen LogP) is -1.44. The van der Waals surface area contributed by atoms with Gasteiger partial charge in [0.1, 0.15) is 5.69 Å². The molecule has 0 aliphatic rings. The number of rotatable bonds is 2. The zero-order chi connectivity index (χ0) is 9.84. The van der Waals surface area contributed by atoms with Crippen LogP contribution in [0.2, 0.25) is 0 Å². The second-order valence-electron chi connectivity index (χ2n) is 2.06. The highest BCUT2D eigenvalue weighted by molar-refractivity contribution is 5.84. The van der Waals surface area contributed by atoms with Crippen molar-refractivity contribution in [3.05, 3.63) is 32.6 Å². The monoisotopic (exact) mass is 183 g/mol. The molecule has 13 heavy (non-hydrogen) atoms. The summed E-state index contributed by atoms with van der Waals surface area (Å²) in [6.45, 7) is 0. The number of nitrogens with zero attached hydrogens (tertiary/aromatic N) is 1. The minimum absolute atomic E-state index is 0.165. The van der Waals surface area contributed by atoms with Crippen molar-refractivity contribution >= 4 is 12.0 Å². The van der Waals surface area contributed by atoms with Crippen LogP contribution in [0.25, 0.3) is 6.08 Å². The van der Waals surface area contributed by atoms with Crippen LogP contribution in [-0.4, -0.2) is 26.3 Å². The van der Waals surface area contributed by atoms with Gasteiger partial charge in [-0.25, -0.2) is 14.7 Å². The average Bonchev–Trinajstić information content (AvgIpc) is 2.02. The van der Waals surface area contributed by atoms with E-state index < -0.39 is 17.2 Å². The molecule has 0 atom stereocenters. The Morgan fingerprint density at radius 2 is 2.15 bits per heavy atom. The van der Waals surface area contributed by atoms with E-state index in [1.54, 1.807) is 0 Å². The molecule has 0 unspecified atom stereocenters. The van der Waals surface area contributed by atoms with Gasteiger partial charge in [0.05, 0.1) is 0 Å². The third kappa shape index (κ3) is 2.40. The molecule has 0 spiro atoms. The molecule has 68 valence electrons. The lowest BCUT2D eigenvalue weighted by Gasteiger charge is -1.87. The fourth-order valence-electron chi connectivity index (χ4n) is 0.620. The molecule has 0 amide bonds. The van der Waals surface area contributed by atoms with Crippen LogP contribution in [0.5, 0.6) is 0 Å². The highest BCUT2D eigenvalue weighted by atomic mass is 16.4. The fourth-order valence-corrected chi connectivity index (χ4v) is 0.620. The normalized spacial score (nSPS) is 10.5. The molecule has 7 nitrogen and oxygen atoms in total. The summed E-state index contributed by atoms with van der Waals surface area (Å²) in [6.07, 6.45) is 1.73. The molecule has 0 saturated heterocycles. The molecule has 1 aromatic heterocycles. The topological polar surface area (TPSA) is 116 Å². The molecule has 1 rings (SSSR count). The standard InChI is InChI=1S/C6H5N3O4/c10-4(11)2-1-3-5(12)7-6(13)9-8-3/h1-2H,(H,10,11)(H2,7,9,12,13)/b2-1+. The number of hydrogen-bond acceptors (Lipinski definition) is 4. The SMILES string of the molecule is O=C(O)/C=C/c1n[nH]c(=O)[nH]c1=O. The second kappa shape index (κ2) is 3.48. The lowest BCUT2D eigenvalue weighted by Crippen LogP contribution is -2.25. The van der Waals surface area contributed by atoms with Gasteiger partial charge < -0.3 is 5.11 Å². The van der Waals surface area contributed by atoms with Gasteiger partial charge in [-0.2, -0.15) is 5.10 Å². The van der Waals surface area contributed by atoms with Crippen molar-refractivity contribution in [2.75, 3.05) is 0 Å². The summed E-state index contributed by atoms with van der Waals surface area (Å²) in [5.41, 5.74) is -1.64. The van der Waals surface area contributed by atoms with Crippen LogP contribution in [-0.2, 0) is 4.79 Å². The molecule has 0 aliphatic carbocycles.